The van der Waals surface area contributed by atoms with E-state index in [9.17, 15) is 8.78 Å². The molecule has 0 aliphatic heterocycles. The lowest BCUT2D eigenvalue weighted by Crippen LogP contribution is -2.02. The van der Waals surface area contributed by atoms with Crippen molar-refractivity contribution in [1.82, 2.24) is 25.1 Å². The van der Waals surface area contributed by atoms with Crippen molar-refractivity contribution in [2.45, 2.75) is 0 Å². The highest BCUT2D eigenvalue weighted by Crippen LogP contribution is 2.33. The molecule has 0 bridgehead atoms. The summed E-state index contributed by atoms with van der Waals surface area (Å²) in [6, 6.07) is 19.6. The Morgan fingerprint density at radius 2 is 1.65 bits per heavy atom. The molecule has 31 heavy (non-hydrogen) atoms. The first kappa shape index (κ1) is 18.6. The zero-order valence-corrected chi connectivity index (χ0v) is 15.9. The second-order valence-electron chi connectivity index (χ2n) is 6.68. The maximum atomic E-state index is 14.5. The summed E-state index contributed by atoms with van der Waals surface area (Å²) in [5.74, 6) is -0.989. The van der Waals surface area contributed by atoms with Crippen LogP contribution in [0, 0.1) is 11.6 Å². The zero-order chi connectivity index (χ0) is 21.4. The van der Waals surface area contributed by atoms with Crippen molar-refractivity contribution in [1.29, 1.82) is 0 Å². The Balaban J connectivity index is 1.67. The molecule has 7 nitrogen and oxygen atoms in total. The van der Waals surface area contributed by atoms with Crippen LogP contribution in [0.5, 0.6) is 0 Å². The Hall–Kier alpha value is -4.40. The third-order valence-electron chi connectivity index (χ3n) is 4.66. The molecule has 2 aromatic heterocycles. The summed E-state index contributed by atoms with van der Waals surface area (Å²) in [5, 5.41) is 12.1. The highest BCUT2D eigenvalue weighted by atomic mass is 19.1. The van der Waals surface area contributed by atoms with Crippen LogP contribution in [0.3, 0.4) is 0 Å². The van der Waals surface area contributed by atoms with E-state index in [2.05, 4.69) is 20.5 Å². The maximum absolute atomic E-state index is 14.5. The van der Waals surface area contributed by atoms with E-state index in [0.717, 1.165) is 0 Å². The molecule has 0 spiro atoms. The predicted octanol–water partition coefficient (Wildman–Crippen LogP) is 4.51. The van der Waals surface area contributed by atoms with E-state index >= 15 is 0 Å². The molecule has 5 rings (SSSR count). The molecule has 0 aliphatic carbocycles. The Morgan fingerprint density at radius 1 is 0.871 bits per heavy atom. The van der Waals surface area contributed by atoms with Gasteiger partial charge in [0.2, 0.25) is 5.82 Å². The van der Waals surface area contributed by atoms with Gasteiger partial charge in [-0.3, -0.25) is 0 Å². The summed E-state index contributed by atoms with van der Waals surface area (Å²) >= 11 is 0. The second-order valence-corrected chi connectivity index (χ2v) is 6.68. The van der Waals surface area contributed by atoms with Crippen LogP contribution in [-0.2, 0) is 0 Å². The largest absolute Gasteiger partial charge is 0.399 e. The quantitative estimate of drug-likeness (QED) is 0.433. The normalized spacial score (nSPS) is 11.0. The second kappa shape index (κ2) is 7.45. The number of halogens is 2. The fourth-order valence-electron chi connectivity index (χ4n) is 3.21. The third-order valence-corrected chi connectivity index (χ3v) is 4.66. The van der Waals surface area contributed by atoms with E-state index < -0.39 is 11.6 Å². The molecule has 9 heteroatoms. The summed E-state index contributed by atoms with van der Waals surface area (Å²) in [5.41, 5.74) is 7.64. The molecule has 0 amide bonds. The van der Waals surface area contributed by atoms with E-state index in [4.69, 9.17) is 10.3 Å². The first-order chi connectivity index (χ1) is 15.1. The topological polar surface area (TPSA) is 95.6 Å². The fourth-order valence-corrected chi connectivity index (χ4v) is 3.21. The summed E-state index contributed by atoms with van der Waals surface area (Å²) < 4.78 is 35.5. The molecule has 5 aromatic rings. The Bertz CT molecular complexity index is 1380. The van der Waals surface area contributed by atoms with Gasteiger partial charge in [-0.1, -0.05) is 52.8 Å². The molecule has 3 aromatic carbocycles. The number of hydrogen-bond acceptors (Lipinski definition) is 6. The van der Waals surface area contributed by atoms with Crippen molar-refractivity contribution in [3.8, 4) is 39.9 Å². The van der Waals surface area contributed by atoms with Crippen molar-refractivity contribution < 1.29 is 13.3 Å². The van der Waals surface area contributed by atoms with Crippen LogP contribution in [0.15, 0.2) is 77.3 Å². The number of rotatable bonds is 4. The van der Waals surface area contributed by atoms with E-state index in [1.165, 1.54) is 28.9 Å². The molecule has 2 heterocycles. The van der Waals surface area contributed by atoms with Gasteiger partial charge in [0.25, 0.3) is 5.89 Å². The van der Waals surface area contributed by atoms with E-state index in [1.54, 1.807) is 18.2 Å². The first-order valence-electron chi connectivity index (χ1n) is 9.27. The number of nitrogen functional groups attached to an aromatic ring is 1. The molecular weight excluding hydrogens is 402 g/mol. The van der Waals surface area contributed by atoms with Crippen molar-refractivity contribution in [3.05, 3.63) is 84.4 Å². The van der Waals surface area contributed by atoms with Gasteiger partial charge in [-0.05, 0) is 30.3 Å². The van der Waals surface area contributed by atoms with Crippen LogP contribution in [0.2, 0.25) is 0 Å². The monoisotopic (exact) mass is 416 g/mol. The van der Waals surface area contributed by atoms with Gasteiger partial charge in [-0.2, -0.15) is 4.98 Å². The fraction of sp³-hybridized carbons (Fsp3) is 0. The van der Waals surface area contributed by atoms with Crippen LogP contribution < -0.4 is 5.73 Å². The highest BCUT2D eigenvalue weighted by Gasteiger charge is 2.24. The standard InChI is InChI=1S/C22H14F2N6O/c23-16-8-4-5-9-18(16)30-20(13-6-2-1-3-7-13)19(27-29-30)22-26-21(28-31-22)15-11-10-14(25)12-17(15)24/h1-12H,25H2. The van der Waals surface area contributed by atoms with E-state index in [-0.39, 0.29) is 34.3 Å². The number of hydrogen-bond donors (Lipinski definition) is 1. The molecule has 2 N–H and O–H groups in total. The van der Waals surface area contributed by atoms with Gasteiger partial charge in [-0.15, -0.1) is 5.10 Å². The minimum Gasteiger partial charge on any atom is -0.399 e. The number of para-hydroxylation sites is 1. The lowest BCUT2D eigenvalue weighted by Gasteiger charge is -2.08. The van der Waals surface area contributed by atoms with Crippen molar-refractivity contribution >= 4 is 5.69 Å². The molecular formula is C22H14F2N6O. The van der Waals surface area contributed by atoms with Gasteiger partial charge < -0.3 is 10.3 Å². The minimum atomic E-state index is -0.578. The maximum Gasteiger partial charge on any atom is 0.281 e. The van der Waals surface area contributed by atoms with Crippen LogP contribution >= 0.6 is 0 Å². The average Bonchev–Trinajstić information content (AvgIpc) is 3.42. The van der Waals surface area contributed by atoms with E-state index in [1.807, 2.05) is 30.3 Å². The van der Waals surface area contributed by atoms with Crippen molar-refractivity contribution in [3.63, 3.8) is 0 Å². The predicted molar refractivity (Wildman–Crippen MR) is 110 cm³/mol. The Labute approximate surface area is 174 Å². The zero-order valence-electron chi connectivity index (χ0n) is 15.9. The van der Waals surface area contributed by atoms with Gasteiger partial charge in [0, 0.05) is 11.3 Å². The molecule has 0 atom stereocenters. The number of nitrogens with zero attached hydrogens (tertiary/aromatic N) is 5. The van der Waals surface area contributed by atoms with Crippen LogP contribution in [-0.4, -0.2) is 25.1 Å². The van der Waals surface area contributed by atoms with Gasteiger partial charge in [0.1, 0.15) is 23.0 Å². The summed E-state index contributed by atoms with van der Waals surface area (Å²) in [4.78, 5) is 4.29. The number of aromatic nitrogens is 5. The summed E-state index contributed by atoms with van der Waals surface area (Å²) in [6.45, 7) is 0. The van der Waals surface area contributed by atoms with Crippen molar-refractivity contribution in [2.75, 3.05) is 5.73 Å². The Kier molecular flexibility index (Phi) is 4.47. The van der Waals surface area contributed by atoms with Crippen LogP contribution in [0.4, 0.5) is 14.5 Å². The molecule has 0 radical (unpaired) electrons. The first-order valence-corrected chi connectivity index (χ1v) is 9.27. The number of benzene rings is 3. The SMILES string of the molecule is Nc1ccc(-c2noc(-c3nnn(-c4ccccc4F)c3-c3ccccc3)n2)c(F)c1. The average molecular weight is 416 g/mol. The van der Waals surface area contributed by atoms with Gasteiger partial charge in [-0.25, -0.2) is 13.5 Å². The molecule has 0 unspecified atom stereocenters. The highest BCUT2D eigenvalue weighted by molar-refractivity contribution is 5.76. The molecule has 152 valence electrons. The van der Waals surface area contributed by atoms with Gasteiger partial charge in [0.15, 0.2) is 5.69 Å². The lowest BCUT2D eigenvalue weighted by atomic mass is 10.1. The third kappa shape index (κ3) is 3.31. The summed E-state index contributed by atoms with van der Waals surface area (Å²) in [6.07, 6.45) is 0. The smallest absolute Gasteiger partial charge is 0.281 e. The van der Waals surface area contributed by atoms with Gasteiger partial charge >= 0.3 is 0 Å². The number of nitrogens with two attached hydrogens (primary N) is 1. The molecule has 0 saturated carbocycles. The lowest BCUT2D eigenvalue weighted by molar-refractivity contribution is 0.430. The number of anilines is 1. The van der Waals surface area contributed by atoms with Crippen molar-refractivity contribution in [2.24, 2.45) is 0 Å². The van der Waals surface area contributed by atoms with E-state index in [0.29, 0.717) is 11.3 Å². The molecule has 0 saturated heterocycles. The molecule has 0 aliphatic rings. The van der Waals surface area contributed by atoms with Crippen LogP contribution in [0.1, 0.15) is 0 Å². The van der Waals surface area contributed by atoms with Crippen LogP contribution in [0.25, 0.3) is 39.9 Å². The molecule has 0 fully saturated rings. The van der Waals surface area contributed by atoms with Gasteiger partial charge in [0.05, 0.1) is 5.56 Å². The minimum absolute atomic E-state index is 0.0210. The Morgan fingerprint density at radius 3 is 2.42 bits per heavy atom. The summed E-state index contributed by atoms with van der Waals surface area (Å²) in [7, 11) is 0.